The summed E-state index contributed by atoms with van der Waals surface area (Å²) in [5.41, 5.74) is -6.91. The Morgan fingerprint density at radius 1 is 0.923 bits per heavy atom. The van der Waals surface area contributed by atoms with Gasteiger partial charge in [0.05, 0.1) is 27.2 Å². The molecule has 0 saturated carbocycles. The van der Waals surface area contributed by atoms with Gasteiger partial charge in [-0.3, -0.25) is 0 Å². The molecule has 2 bridgehead atoms. The molecule has 2 atom stereocenters. The molecule has 146 valence electrons. The number of alkyl halides is 6. The van der Waals surface area contributed by atoms with Crippen LogP contribution in [0, 0.1) is 0 Å². The maximum absolute atomic E-state index is 13.4. The van der Waals surface area contributed by atoms with Gasteiger partial charge in [-0.15, -0.1) is 0 Å². The fourth-order valence-electron chi connectivity index (χ4n) is 4.18. The second-order valence-electron chi connectivity index (χ2n) is 6.93. The number of hydrogen-bond acceptors (Lipinski definition) is 3. The van der Waals surface area contributed by atoms with Gasteiger partial charge in [-0.25, -0.2) is 8.42 Å². The Bertz CT molecular complexity index is 760. The molecule has 26 heavy (non-hydrogen) atoms. The Morgan fingerprint density at radius 2 is 1.35 bits per heavy atom. The van der Waals surface area contributed by atoms with E-state index in [1.165, 1.54) is 0 Å². The highest BCUT2D eigenvalue weighted by atomic mass is 32.2. The maximum atomic E-state index is 13.4. The summed E-state index contributed by atoms with van der Waals surface area (Å²) in [6, 6.07) is 1.61. The minimum atomic E-state index is -5.11. The Kier molecular flexibility index (Phi) is 4.38. The van der Waals surface area contributed by atoms with Crippen LogP contribution in [0.15, 0.2) is 18.2 Å². The topological polar surface area (TPSA) is 54.4 Å². The van der Waals surface area contributed by atoms with E-state index in [4.69, 9.17) is 0 Å². The molecular weight excluding hydrogens is 386 g/mol. The first kappa shape index (κ1) is 19.5. The highest BCUT2D eigenvalue weighted by Crippen LogP contribution is 2.52. The van der Waals surface area contributed by atoms with E-state index in [9.17, 15) is 39.9 Å². The fourth-order valence-corrected chi connectivity index (χ4v) is 6.73. The summed E-state index contributed by atoms with van der Waals surface area (Å²) >= 11 is 0. The number of fused-ring (bicyclic) bond motifs is 2. The zero-order chi connectivity index (χ0) is 19.5. The second kappa shape index (κ2) is 5.85. The van der Waals surface area contributed by atoms with Gasteiger partial charge in [0, 0.05) is 5.56 Å². The Labute approximate surface area is 145 Å². The van der Waals surface area contributed by atoms with E-state index in [2.05, 4.69) is 0 Å². The van der Waals surface area contributed by atoms with Crippen molar-refractivity contribution in [2.24, 2.45) is 0 Å². The third-order valence-corrected chi connectivity index (χ3v) is 7.92. The number of benzene rings is 1. The molecule has 2 saturated heterocycles. The third-order valence-electron chi connectivity index (χ3n) is 5.25. The standard InChI is InChI=1S/C16H16F6O3S/c17-15(18,19)11-5-2-6-12(16(20,21)22)13(11)14(23)7-9-3-1-4-10(8-14)26(9,24)25/h2,5-6,9-10,23H,1,3-4,7-8H2. The van der Waals surface area contributed by atoms with Gasteiger partial charge in [0.1, 0.15) is 0 Å². The quantitative estimate of drug-likeness (QED) is 0.722. The first-order valence-electron chi connectivity index (χ1n) is 8.00. The highest BCUT2D eigenvalue weighted by molar-refractivity contribution is 7.92. The molecule has 2 unspecified atom stereocenters. The Hall–Kier alpha value is -1.29. The molecule has 2 aliphatic rings. The van der Waals surface area contributed by atoms with Gasteiger partial charge in [0.2, 0.25) is 0 Å². The molecule has 0 aromatic heterocycles. The molecule has 10 heteroatoms. The molecule has 1 aromatic carbocycles. The first-order valence-corrected chi connectivity index (χ1v) is 9.61. The van der Waals surface area contributed by atoms with Crippen LogP contribution in [0.2, 0.25) is 0 Å². The molecule has 3 rings (SSSR count). The molecule has 0 amide bonds. The summed E-state index contributed by atoms with van der Waals surface area (Å²) in [7, 11) is -3.66. The molecule has 0 radical (unpaired) electrons. The minimum Gasteiger partial charge on any atom is -0.385 e. The van der Waals surface area contributed by atoms with E-state index in [1.807, 2.05) is 0 Å². The summed E-state index contributed by atoms with van der Waals surface area (Å²) < 4.78 is 105. The van der Waals surface area contributed by atoms with Crippen molar-refractivity contribution in [1.82, 2.24) is 0 Å². The van der Waals surface area contributed by atoms with Crippen LogP contribution in [0.4, 0.5) is 26.3 Å². The van der Waals surface area contributed by atoms with Crippen molar-refractivity contribution in [2.75, 3.05) is 0 Å². The molecule has 1 aromatic rings. The lowest BCUT2D eigenvalue weighted by Crippen LogP contribution is -2.51. The van der Waals surface area contributed by atoms with Crippen LogP contribution in [-0.2, 0) is 27.8 Å². The monoisotopic (exact) mass is 402 g/mol. The SMILES string of the molecule is O=S1(=O)C2CCCC1CC(O)(c1c(C(F)(F)F)cccc1C(F)(F)F)C2. The second-order valence-corrected chi connectivity index (χ2v) is 9.44. The maximum Gasteiger partial charge on any atom is 0.416 e. The van der Waals surface area contributed by atoms with E-state index in [-0.39, 0.29) is 12.8 Å². The molecular formula is C16H16F6O3S. The predicted molar refractivity (Wildman–Crippen MR) is 79.9 cm³/mol. The third kappa shape index (κ3) is 3.11. The normalized spacial score (nSPS) is 31.7. The van der Waals surface area contributed by atoms with Gasteiger partial charge >= 0.3 is 12.4 Å². The van der Waals surface area contributed by atoms with Crippen LogP contribution in [0.3, 0.4) is 0 Å². The van der Waals surface area contributed by atoms with Crippen molar-refractivity contribution in [1.29, 1.82) is 0 Å². The van der Waals surface area contributed by atoms with Crippen molar-refractivity contribution in [3.63, 3.8) is 0 Å². The van der Waals surface area contributed by atoms with Gasteiger partial charge in [-0.05, 0) is 37.8 Å². The van der Waals surface area contributed by atoms with E-state index in [1.54, 1.807) is 0 Å². The molecule has 2 aliphatic heterocycles. The largest absolute Gasteiger partial charge is 0.416 e. The van der Waals surface area contributed by atoms with Gasteiger partial charge in [-0.1, -0.05) is 12.5 Å². The van der Waals surface area contributed by atoms with Crippen LogP contribution in [0.25, 0.3) is 0 Å². The van der Waals surface area contributed by atoms with Crippen molar-refractivity contribution < 1.29 is 39.9 Å². The van der Waals surface area contributed by atoms with Crippen LogP contribution in [0.1, 0.15) is 48.8 Å². The fraction of sp³-hybridized carbons (Fsp3) is 0.625. The first-order chi connectivity index (χ1) is 11.8. The molecule has 1 N–H and O–H groups in total. The number of rotatable bonds is 1. The van der Waals surface area contributed by atoms with Gasteiger partial charge in [-0.2, -0.15) is 26.3 Å². The van der Waals surface area contributed by atoms with E-state index >= 15 is 0 Å². The predicted octanol–water partition coefficient (Wildman–Crippen LogP) is 4.04. The number of halogens is 6. The lowest BCUT2D eigenvalue weighted by molar-refractivity contribution is -0.150. The van der Waals surface area contributed by atoms with Gasteiger partial charge in [0.15, 0.2) is 9.84 Å². The summed E-state index contributed by atoms with van der Waals surface area (Å²) in [6.45, 7) is 0. The summed E-state index contributed by atoms with van der Waals surface area (Å²) in [4.78, 5) is 0. The number of aliphatic hydroxyl groups is 1. The van der Waals surface area contributed by atoms with Crippen LogP contribution < -0.4 is 0 Å². The van der Waals surface area contributed by atoms with Crippen molar-refractivity contribution in [2.45, 2.75) is 60.6 Å². The number of sulfone groups is 1. The van der Waals surface area contributed by atoms with E-state index in [0.29, 0.717) is 24.6 Å². The zero-order valence-corrected chi connectivity index (χ0v) is 14.2. The summed E-state index contributed by atoms with van der Waals surface area (Å²) in [6.07, 6.45) is -10.8. The molecule has 0 spiro atoms. The summed E-state index contributed by atoms with van der Waals surface area (Å²) in [5.74, 6) is 0. The van der Waals surface area contributed by atoms with Crippen molar-refractivity contribution >= 4 is 9.84 Å². The molecule has 0 aliphatic carbocycles. The minimum absolute atomic E-state index is 0.122. The smallest absolute Gasteiger partial charge is 0.385 e. The van der Waals surface area contributed by atoms with Crippen LogP contribution >= 0.6 is 0 Å². The van der Waals surface area contributed by atoms with Gasteiger partial charge in [0.25, 0.3) is 0 Å². The average molecular weight is 402 g/mol. The lowest BCUT2D eigenvalue weighted by atomic mass is 9.76. The van der Waals surface area contributed by atoms with Crippen LogP contribution in [0.5, 0.6) is 0 Å². The Morgan fingerprint density at radius 3 is 1.73 bits per heavy atom. The molecule has 2 fully saturated rings. The highest BCUT2D eigenvalue weighted by Gasteiger charge is 2.55. The van der Waals surface area contributed by atoms with E-state index < -0.39 is 67.8 Å². The van der Waals surface area contributed by atoms with Gasteiger partial charge < -0.3 is 5.11 Å². The molecule has 3 nitrogen and oxygen atoms in total. The zero-order valence-electron chi connectivity index (χ0n) is 13.4. The Balaban J connectivity index is 2.23. The molecule has 2 heterocycles. The van der Waals surface area contributed by atoms with Crippen LogP contribution in [-0.4, -0.2) is 24.0 Å². The van der Waals surface area contributed by atoms with Crippen molar-refractivity contribution in [3.8, 4) is 0 Å². The van der Waals surface area contributed by atoms with E-state index in [0.717, 1.165) is 0 Å². The van der Waals surface area contributed by atoms with Crippen molar-refractivity contribution in [3.05, 3.63) is 34.9 Å². The average Bonchev–Trinajstić information content (AvgIpc) is 2.46. The lowest BCUT2D eigenvalue weighted by Gasteiger charge is -2.45. The summed E-state index contributed by atoms with van der Waals surface area (Å²) in [5, 5.41) is 8.63. The number of hydrogen-bond donors (Lipinski definition) is 1.